The fraction of sp³-hybridized carbons (Fsp3) is 0.174. The molecule has 0 unspecified atom stereocenters. The molecule has 3 rings (SSSR count). The normalized spacial score (nSPS) is 11.1. The quantitative estimate of drug-likeness (QED) is 0.652. The van der Waals surface area contributed by atoms with Gasteiger partial charge in [0.25, 0.3) is 5.91 Å². The molecule has 0 aliphatic heterocycles. The van der Waals surface area contributed by atoms with E-state index in [1.807, 2.05) is 62.4 Å². The molecule has 5 nitrogen and oxygen atoms in total. The van der Waals surface area contributed by atoms with Gasteiger partial charge in [0.15, 0.2) is 0 Å². The number of nitrogens with one attached hydrogen (secondary N) is 1. The predicted molar refractivity (Wildman–Crippen MR) is 118 cm³/mol. The zero-order valence-electron chi connectivity index (χ0n) is 16.7. The topological polar surface area (TPSA) is 66.5 Å². The van der Waals surface area contributed by atoms with E-state index in [9.17, 15) is 13.2 Å². The highest BCUT2D eigenvalue weighted by Crippen LogP contribution is 2.24. The molecule has 3 aromatic rings. The molecule has 0 radical (unpaired) electrons. The van der Waals surface area contributed by atoms with E-state index in [-0.39, 0.29) is 12.5 Å². The maximum Gasteiger partial charge on any atom is 0.255 e. The second-order valence-corrected chi connectivity index (χ2v) is 9.04. The second kappa shape index (κ2) is 8.49. The van der Waals surface area contributed by atoms with Gasteiger partial charge in [-0.1, -0.05) is 36.4 Å². The molecule has 0 aliphatic rings. The van der Waals surface area contributed by atoms with Crippen molar-refractivity contribution in [3.63, 3.8) is 0 Å². The van der Waals surface area contributed by atoms with Crippen molar-refractivity contribution >= 4 is 27.3 Å². The highest BCUT2D eigenvalue weighted by atomic mass is 32.2. The minimum absolute atomic E-state index is 0.197. The summed E-state index contributed by atoms with van der Waals surface area (Å²) in [6, 6.07) is 21.9. The first-order chi connectivity index (χ1) is 13.7. The number of aryl methyl sites for hydroxylation is 2. The number of hydrogen-bond acceptors (Lipinski definition) is 3. The molecule has 0 aromatic heterocycles. The number of sulfonamides is 1. The van der Waals surface area contributed by atoms with Gasteiger partial charge < -0.3 is 5.32 Å². The van der Waals surface area contributed by atoms with Gasteiger partial charge in [-0.3, -0.25) is 9.10 Å². The summed E-state index contributed by atoms with van der Waals surface area (Å²) in [6.07, 6.45) is 1.20. The molecule has 0 saturated heterocycles. The van der Waals surface area contributed by atoms with Crippen LogP contribution in [0, 0.1) is 13.8 Å². The summed E-state index contributed by atoms with van der Waals surface area (Å²) in [4.78, 5) is 12.4. The lowest BCUT2D eigenvalue weighted by atomic mass is 10.1. The Morgan fingerprint density at radius 3 is 2.03 bits per heavy atom. The molecule has 29 heavy (non-hydrogen) atoms. The fourth-order valence-electron chi connectivity index (χ4n) is 3.15. The van der Waals surface area contributed by atoms with Gasteiger partial charge >= 0.3 is 0 Å². The third kappa shape index (κ3) is 5.45. The van der Waals surface area contributed by atoms with E-state index in [1.54, 1.807) is 24.3 Å². The van der Waals surface area contributed by atoms with E-state index >= 15 is 0 Å². The first-order valence-corrected chi connectivity index (χ1v) is 11.1. The van der Waals surface area contributed by atoms with Gasteiger partial charge in [0, 0.05) is 11.3 Å². The van der Waals surface area contributed by atoms with Gasteiger partial charge in [-0.25, -0.2) is 8.42 Å². The Balaban J connectivity index is 1.80. The van der Waals surface area contributed by atoms with Crippen LogP contribution in [-0.4, -0.2) is 20.6 Å². The summed E-state index contributed by atoms with van der Waals surface area (Å²) in [6.45, 7) is 4.08. The van der Waals surface area contributed by atoms with Crippen molar-refractivity contribution in [3.05, 3.63) is 95.1 Å². The predicted octanol–water partition coefficient (Wildman–Crippen LogP) is 4.52. The first kappa shape index (κ1) is 20.6. The maximum atomic E-state index is 12.4. The van der Waals surface area contributed by atoms with Gasteiger partial charge in [-0.05, 0) is 66.9 Å². The SMILES string of the molecule is Cc1cc(C)cc(N(Cc2ccc(C(=O)Nc3ccccc3)cc2)S(C)(=O)=O)c1. The van der Waals surface area contributed by atoms with Gasteiger partial charge in [-0.15, -0.1) is 0 Å². The van der Waals surface area contributed by atoms with Crippen LogP contribution in [-0.2, 0) is 16.6 Å². The lowest BCUT2D eigenvalue weighted by molar-refractivity contribution is 0.102. The lowest BCUT2D eigenvalue weighted by Crippen LogP contribution is -2.29. The summed E-state index contributed by atoms with van der Waals surface area (Å²) < 4.78 is 26.2. The first-order valence-electron chi connectivity index (χ1n) is 9.24. The summed E-state index contributed by atoms with van der Waals surface area (Å²) in [7, 11) is -3.46. The minimum atomic E-state index is -3.46. The fourth-order valence-corrected chi connectivity index (χ4v) is 4.02. The van der Waals surface area contributed by atoms with E-state index in [4.69, 9.17) is 0 Å². The Morgan fingerprint density at radius 2 is 1.48 bits per heavy atom. The van der Waals surface area contributed by atoms with Crippen molar-refractivity contribution in [1.82, 2.24) is 0 Å². The van der Waals surface area contributed by atoms with Crippen molar-refractivity contribution in [2.45, 2.75) is 20.4 Å². The van der Waals surface area contributed by atoms with Crippen molar-refractivity contribution < 1.29 is 13.2 Å². The van der Waals surface area contributed by atoms with Crippen molar-refractivity contribution in [2.24, 2.45) is 0 Å². The minimum Gasteiger partial charge on any atom is -0.322 e. The molecule has 0 heterocycles. The second-order valence-electron chi connectivity index (χ2n) is 7.13. The Hall–Kier alpha value is -3.12. The molecule has 3 aromatic carbocycles. The third-order valence-electron chi connectivity index (χ3n) is 4.47. The number of benzene rings is 3. The number of carbonyl (C=O) groups is 1. The van der Waals surface area contributed by atoms with Gasteiger partial charge in [0.1, 0.15) is 0 Å². The largest absolute Gasteiger partial charge is 0.322 e. The number of anilines is 2. The monoisotopic (exact) mass is 408 g/mol. The van der Waals surface area contributed by atoms with E-state index in [0.717, 1.165) is 22.4 Å². The van der Waals surface area contributed by atoms with E-state index in [1.165, 1.54) is 10.6 Å². The molecule has 0 atom stereocenters. The average molecular weight is 409 g/mol. The molecule has 0 spiro atoms. The Morgan fingerprint density at radius 1 is 0.897 bits per heavy atom. The average Bonchev–Trinajstić information content (AvgIpc) is 2.65. The Kier molecular flexibility index (Phi) is 6.03. The zero-order valence-corrected chi connectivity index (χ0v) is 17.5. The molecular formula is C23H24N2O3S. The van der Waals surface area contributed by atoms with Crippen LogP contribution in [0.4, 0.5) is 11.4 Å². The highest BCUT2D eigenvalue weighted by Gasteiger charge is 2.19. The van der Waals surface area contributed by atoms with Crippen molar-refractivity contribution in [2.75, 3.05) is 15.9 Å². The van der Waals surface area contributed by atoms with Crippen LogP contribution in [0.25, 0.3) is 0 Å². The van der Waals surface area contributed by atoms with E-state index in [0.29, 0.717) is 11.3 Å². The summed E-state index contributed by atoms with van der Waals surface area (Å²) in [5, 5.41) is 2.84. The zero-order chi connectivity index (χ0) is 21.0. The Labute approximate surface area is 172 Å². The summed E-state index contributed by atoms with van der Waals surface area (Å²) in [5.74, 6) is -0.211. The van der Waals surface area contributed by atoms with Crippen LogP contribution in [0.15, 0.2) is 72.8 Å². The van der Waals surface area contributed by atoms with Gasteiger partial charge in [-0.2, -0.15) is 0 Å². The van der Waals surface area contributed by atoms with E-state index < -0.39 is 10.0 Å². The van der Waals surface area contributed by atoms with Crippen LogP contribution in [0.1, 0.15) is 27.0 Å². The van der Waals surface area contributed by atoms with Gasteiger partial charge in [0.2, 0.25) is 10.0 Å². The van der Waals surface area contributed by atoms with Crippen molar-refractivity contribution in [1.29, 1.82) is 0 Å². The van der Waals surface area contributed by atoms with Crippen LogP contribution >= 0.6 is 0 Å². The number of hydrogen-bond donors (Lipinski definition) is 1. The number of nitrogens with zero attached hydrogens (tertiary/aromatic N) is 1. The molecule has 1 N–H and O–H groups in total. The number of para-hydroxylation sites is 1. The van der Waals surface area contributed by atoms with Crippen molar-refractivity contribution in [3.8, 4) is 0 Å². The molecule has 0 aliphatic carbocycles. The highest BCUT2D eigenvalue weighted by molar-refractivity contribution is 7.92. The lowest BCUT2D eigenvalue weighted by Gasteiger charge is -2.23. The summed E-state index contributed by atoms with van der Waals surface area (Å²) >= 11 is 0. The molecule has 0 bridgehead atoms. The number of carbonyl (C=O) groups excluding carboxylic acids is 1. The molecule has 1 amide bonds. The third-order valence-corrected chi connectivity index (χ3v) is 5.61. The number of rotatable bonds is 6. The Bertz CT molecular complexity index is 1090. The molecule has 6 heteroatoms. The summed E-state index contributed by atoms with van der Waals surface area (Å²) in [5.41, 5.74) is 4.67. The van der Waals surface area contributed by atoms with Crippen LogP contribution in [0.2, 0.25) is 0 Å². The molecule has 0 saturated carbocycles. The molecular weight excluding hydrogens is 384 g/mol. The standard InChI is InChI=1S/C23H24N2O3S/c1-17-13-18(2)15-22(14-17)25(29(3,27)28)16-19-9-11-20(12-10-19)23(26)24-21-7-5-4-6-8-21/h4-15H,16H2,1-3H3,(H,24,26). The van der Waals surface area contributed by atoms with Crippen LogP contribution < -0.4 is 9.62 Å². The molecule has 0 fully saturated rings. The van der Waals surface area contributed by atoms with Crippen LogP contribution in [0.3, 0.4) is 0 Å². The molecule has 150 valence electrons. The number of amides is 1. The van der Waals surface area contributed by atoms with Crippen LogP contribution in [0.5, 0.6) is 0 Å². The smallest absolute Gasteiger partial charge is 0.255 e. The van der Waals surface area contributed by atoms with Gasteiger partial charge in [0.05, 0.1) is 18.5 Å². The maximum absolute atomic E-state index is 12.4. The van der Waals surface area contributed by atoms with E-state index in [2.05, 4.69) is 5.32 Å².